The quantitative estimate of drug-likeness (QED) is 0.674. The smallest absolute Gasteiger partial charge is 0.193 e. The molecule has 6 heteroatoms. The fourth-order valence-corrected chi connectivity index (χ4v) is 2.92. The number of nitrogens with zero attached hydrogens (tertiary/aromatic N) is 5. The molecule has 5 nitrogen and oxygen atoms in total. The van der Waals surface area contributed by atoms with Crippen LogP contribution >= 0.6 is 11.8 Å². The van der Waals surface area contributed by atoms with Gasteiger partial charge in [-0.05, 0) is 24.6 Å². The van der Waals surface area contributed by atoms with Crippen molar-refractivity contribution in [2.24, 2.45) is 0 Å². The second kappa shape index (κ2) is 7.07. The van der Waals surface area contributed by atoms with Crippen LogP contribution in [0.1, 0.15) is 12.5 Å². The molecular formula is C17H15N5S. The molecule has 0 aliphatic heterocycles. The zero-order valence-corrected chi connectivity index (χ0v) is 13.4. The number of aromatic nitrogens is 4. The predicted molar refractivity (Wildman–Crippen MR) is 89.7 cm³/mol. The SMILES string of the molecule is CC(C#N)Sc1nnc(-c2ccncc2)n1Cc1ccccc1. The molecule has 0 N–H and O–H groups in total. The number of nitriles is 1. The maximum absolute atomic E-state index is 9.06. The van der Waals surface area contributed by atoms with E-state index in [0.717, 1.165) is 22.1 Å². The third-order valence-corrected chi connectivity index (χ3v) is 4.27. The minimum Gasteiger partial charge on any atom is -0.298 e. The van der Waals surface area contributed by atoms with E-state index in [4.69, 9.17) is 5.26 Å². The number of rotatable bonds is 5. The second-order valence-electron chi connectivity index (χ2n) is 5.00. The molecule has 0 saturated carbocycles. The van der Waals surface area contributed by atoms with Gasteiger partial charge in [-0.25, -0.2) is 0 Å². The van der Waals surface area contributed by atoms with Gasteiger partial charge in [-0.1, -0.05) is 42.1 Å². The highest BCUT2D eigenvalue weighted by molar-refractivity contribution is 8.00. The Hall–Kier alpha value is -2.65. The Bertz CT molecular complexity index is 808. The Balaban J connectivity index is 2.01. The summed E-state index contributed by atoms with van der Waals surface area (Å²) in [6.07, 6.45) is 3.48. The number of hydrogen-bond donors (Lipinski definition) is 0. The normalized spacial score (nSPS) is 11.8. The summed E-state index contributed by atoms with van der Waals surface area (Å²) in [4.78, 5) is 4.05. The molecule has 3 aromatic rings. The summed E-state index contributed by atoms with van der Waals surface area (Å²) < 4.78 is 2.04. The van der Waals surface area contributed by atoms with E-state index >= 15 is 0 Å². The van der Waals surface area contributed by atoms with E-state index in [1.807, 2.05) is 41.8 Å². The van der Waals surface area contributed by atoms with E-state index in [1.54, 1.807) is 12.4 Å². The minimum atomic E-state index is -0.181. The zero-order valence-electron chi connectivity index (χ0n) is 12.6. The van der Waals surface area contributed by atoms with Gasteiger partial charge in [-0.3, -0.25) is 9.55 Å². The number of pyridine rings is 1. The first-order valence-corrected chi connectivity index (χ1v) is 8.09. The van der Waals surface area contributed by atoms with Crippen LogP contribution in [0.25, 0.3) is 11.4 Å². The summed E-state index contributed by atoms with van der Waals surface area (Å²) in [6, 6.07) is 16.2. The molecule has 0 spiro atoms. The lowest BCUT2D eigenvalue weighted by atomic mass is 10.2. The average Bonchev–Trinajstić information content (AvgIpc) is 2.99. The Morgan fingerprint density at radius 3 is 2.57 bits per heavy atom. The molecular weight excluding hydrogens is 306 g/mol. The van der Waals surface area contributed by atoms with Crippen LogP contribution in [0.3, 0.4) is 0 Å². The zero-order chi connectivity index (χ0) is 16.1. The van der Waals surface area contributed by atoms with Crippen molar-refractivity contribution >= 4 is 11.8 Å². The Morgan fingerprint density at radius 2 is 1.87 bits per heavy atom. The largest absolute Gasteiger partial charge is 0.298 e. The molecule has 23 heavy (non-hydrogen) atoms. The fourth-order valence-electron chi connectivity index (χ4n) is 2.18. The Morgan fingerprint density at radius 1 is 1.13 bits per heavy atom. The van der Waals surface area contributed by atoms with Gasteiger partial charge in [0.05, 0.1) is 17.9 Å². The highest BCUT2D eigenvalue weighted by atomic mass is 32.2. The molecule has 1 atom stereocenters. The first kappa shape index (κ1) is 15.3. The Kier molecular flexibility index (Phi) is 4.69. The van der Waals surface area contributed by atoms with Crippen molar-refractivity contribution in [3.05, 3.63) is 60.4 Å². The lowest BCUT2D eigenvalue weighted by Gasteiger charge is -2.11. The summed E-state index contributed by atoms with van der Waals surface area (Å²) in [5.74, 6) is 0.781. The molecule has 1 aromatic carbocycles. The van der Waals surface area contributed by atoms with Crippen molar-refractivity contribution in [3.8, 4) is 17.5 Å². The maximum atomic E-state index is 9.06. The molecule has 1 unspecified atom stereocenters. The van der Waals surface area contributed by atoms with Gasteiger partial charge >= 0.3 is 0 Å². The molecule has 3 rings (SSSR count). The van der Waals surface area contributed by atoms with Crippen LogP contribution < -0.4 is 0 Å². The van der Waals surface area contributed by atoms with Crippen LogP contribution in [-0.4, -0.2) is 25.0 Å². The molecule has 0 radical (unpaired) electrons. The van der Waals surface area contributed by atoms with E-state index in [1.165, 1.54) is 11.8 Å². The summed E-state index contributed by atoms with van der Waals surface area (Å²) in [7, 11) is 0. The van der Waals surface area contributed by atoms with Gasteiger partial charge in [0.2, 0.25) is 0 Å². The minimum absolute atomic E-state index is 0.181. The summed E-state index contributed by atoms with van der Waals surface area (Å²) in [5.41, 5.74) is 2.12. The van der Waals surface area contributed by atoms with E-state index in [-0.39, 0.29) is 5.25 Å². The van der Waals surface area contributed by atoms with Gasteiger partial charge in [0.25, 0.3) is 0 Å². The molecule has 0 bridgehead atoms. The molecule has 0 amide bonds. The monoisotopic (exact) mass is 321 g/mol. The predicted octanol–water partition coefficient (Wildman–Crippen LogP) is 3.39. The van der Waals surface area contributed by atoms with Gasteiger partial charge in [-0.2, -0.15) is 5.26 Å². The van der Waals surface area contributed by atoms with Crippen molar-refractivity contribution in [1.29, 1.82) is 5.26 Å². The van der Waals surface area contributed by atoms with Crippen molar-refractivity contribution in [3.63, 3.8) is 0 Å². The van der Waals surface area contributed by atoms with Crippen LogP contribution in [0, 0.1) is 11.3 Å². The van der Waals surface area contributed by atoms with Crippen molar-refractivity contribution < 1.29 is 0 Å². The third-order valence-electron chi connectivity index (χ3n) is 3.30. The molecule has 0 aliphatic rings. The number of hydrogen-bond acceptors (Lipinski definition) is 5. The first-order valence-electron chi connectivity index (χ1n) is 7.21. The van der Waals surface area contributed by atoms with Gasteiger partial charge < -0.3 is 0 Å². The summed E-state index contributed by atoms with van der Waals surface area (Å²) in [5, 5.41) is 18.2. The van der Waals surface area contributed by atoms with Crippen LogP contribution in [-0.2, 0) is 6.54 Å². The van der Waals surface area contributed by atoms with Crippen LogP contribution in [0.5, 0.6) is 0 Å². The third kappa shape index (κ3) is 3.58. The molecule has 2 aromatic heterocycles. The van der Waals surface area contributed by atoms with Gasteiger partial charge in [0.15, 0.2) is 11.0 Å². The van der Waals surface area contributed by atoms with Crippen LogP contribution in [0.4, 0.5) is 0 Å². The lowest BCUT2D eigenvalue weighted by molar-refractivity contribution is 0.714. The highest BCUT2D eigenvalue weighted by Gasteiger charge is 2.16. The maximum Gasteiger partial charge on any atom is 0.193 e. The van der Waals surface area contributed by atoms with Crippen LogP contribution in [0.15, 0.2) is 60.0 Å². The van der Waals surface area contributed by atoms with E-state index < -0.39 is 0 Å². The van der Waals surface area contributed by atoms with Crippen molar-refractivity contribution in [2.45, 2.75) is 23.9 Å². The molecule has 0 aliphatic carbocycles. The van der Waals surface area contributed by atoms with Crippen LogP contribution in [0.2, 0.25) is 0 Å². The molecule has 0 fully saturated rings. The Labute approximate surface area is 139 Å². The van der Waals surface area contributed by atoms with Crippen molar-refractivity contribution in [1.82, 2.24) is 19.7 Å². The molecule has 0 saturated heterocycles. The average molecular weight is 321 g/mol. The number of thioether (sulfide) groups is 1. The highest BCUT2D eigenvalue weighted by Crippen LogP contribution is 2.27. The summed E-state index contributed by atoms with van der Waals surface area (Å²) >= 11 is 1.42. The second-order valence-corrected chi connectivity index (χ2v) is 6.31. The number of benzene rings is 1. The van der Waals surface area contributed by atoms with Gasteiger partial charge in [-0.15, -0.1) is 10.2 Å². The molecule has 2 heterocycles. The summed E-state index contributed by atoms with van der Waals surface area (Å²) in [6.45, 7) is 2.52. The molecule has 114 valence electrons. The van der Waals surface area contributed by atoms with E-state index in [0.29, 0.717) is 6.54 Å². The standard InChI is InChI=1S/C17H15N5S/c1-13(11-18)23-17-21-20-16(15-7-9-19-10-8-15)22(17)12-14-5-3-2-4-6-14/h2-10,13H,12H2,1H3. The van der Waals surface area contributed by atoms with Gasteiger partial charge in [0, 0.05) is 18.0 Å². The fraction of sp³-hybridized carbons (Fsp3) is 0.176. The topological polar surface area (TPSA) is 67.4 Å². The van der Waals surface area contributed by atoms with Gasteiger partial charge in [0.1, 0.15) is 0 Å². The van der Waals surface area contributed by atoms with Crippen molar-refractivity contribution in [2.75, 3.05) is 0 Å². The first-order chi connectivity index (χ1) is 11.3. The van der Waals surface area contributed by atoms with E-state index in [2.05, 4.69) is 33.4 Å². The lowest BCUT2D eigenvalue weighted by Crippen LogP contribution is -2.05. The van der Waals surface area contributed by atoms with E-state index in [9.17, 15) is 0 Å².